The maximum absolute atomic E-state index is 11.9. The molecule has 1 N–H and O–H groups in total. The highest BCUT2D eigenvalue weighted by molar-refractivity contribution is 6.35. The van der Waals surface area contributed by atoms with Gasteiger partial charge in [0.05, 0.1) is 0 Å². The lowest BCUT2D eigenvalue weighted by Gasteiger charge is -2.07. The van der Waals surface area contributed by atoms with E-state index >= 15 is 0 Å². The van der Waals surface area contributed by atoms with Crippen LogP contribution in [0.2, 0.25) is 15.1 Å². The fourth-order valence-electron chi connectivity index (χ4n) is 2.23. The highest BCUT2D eigenvalue weighted by atomic mass is 35.5. The van der Waals surface area contributed by atoms with Crippen LogP contribution in [0, 0.1) is 0 Å². The predicted molar refractivity (Wildman–Crippen MR) is 97.6 cm³/mol. The minimum atomic E-state index is 0.0344. The fraction of sp³-hybridized carbons (Fsp3) is 0.278. The molecule has 23 heavy (non-hydrogen) atoms. The molecule has 0 aliphatic heterocycles. The summed E-state index contributed by atoms with van der Waals surface area (Å²) in [6, 6.07) is 13.1. The molecule has 0 fully saturated rings. The summed E-state index contributed by atoms with van der Waals surface area (Å²) in [5.74, 6) is 0.0344. The van der Waals surface area contributed by atoms with E-state index < -0.39 is 0 Å². The van der Waals surface area contributed by atoms with Crippen LogP contribution >= 0.6 is 34.8 Å². The molecule has 2 aromatic carbocycles. The van der Waals surface area contributed by atoms with E-state index in [1.165, 1.54) is 5.56 Å². The molecule has 0 spiro atoms. The minimum Gasteiger partial charge on any atom is -0.356 e. The van der Waals surface area contributed by atoms with Crippen LogP contribution in [0.5, 0.6) is 0 Å². The van der Waals surface area contributed by atoms with Crippen molar-refractivity contribution in [3.05, 3.63) is 68.7 Å². The molecule has 2 rings (SSSR count). The van der Waals surface area contributed by atoms with Crippen molar-refractivity contribution in [2.45, 2.75) is 25.7 Å². The molecule has 0 atom stereocenters. The predicted octanol–water partition coefficient (Wildman–Crippen LogP) is 5.33. The smallest absolute Gasteiger partial charge is 0.220 e. The normalized spacial score (nSPS) is 10.6. The van der Waals surface area contributed by atoms with E-state index in [1.807, 2.05) is 30.3 Å². The Kier molecular flexibility index (Phi) is 7.22. The van der Waals surface area contributed by atoms with Crippen molar-refractivity contribution >= 4 is 40.7 Å². The SMILES string of the molecule is O=C(CCc1ccc(Cl)cc1Cl)NCCCc1ccc(Cl)cc1. The maximum Gasteiger partial charge on any atom is 0.220 e. The average Bonchev–Trinajstić information content (AvgIpc) is 2.52. The van der Waals surface area contributed by atoms with E-state index in [4.69, 9.17) is 34.8 Å². The number of aryl methyl sites for hydroxylation is 2. The summed E-state index contributed by atoms with van der Waals surface area (Å²) in [4.78, 5) is 11.9. The lowest BCUT2D eigenvalue weighted by molar-refractivity contribution is -0.121. The minimum absolute atomic E-state index is 0.0344. The quantitative estimate of drug-likeness (QED) is 0.656. The van der Waals surface area contributed by atoms with Gasteiger partial charge in [-0.3, -0.25) is 4.79 Å². The van der Waals surface area contributed by atoms with Gasteiger partial charge >= 0.3 is 0 Å². The van der Waals surface area contributed by atoms with Gasteiger partial charge in [0.1, 0.15) is 0 Å². The van der Waals surface area contributed by atoms with E-state index in [2.05, 4.69) is 5.32 Å². The number of halogens is 3. The summed E-state index contributed by atoms with van der Waals surface area (Å²) < 4.78 is 0. The zero-order valence-electron chi connectivity index (χ0n) is 12.6. The van der Waals surface area contributed by atoms with E-state index in [9.17, 15) is 4.79 Å². The fourth-order valence-corrected chi connectivity index (χ4v) is 2.86. The Balaban J connectivity index is 1.66. The van der Waals surface area contributed by atoms with E-state index in [-0.39, 0.29) is 5.91 Å². The van der Waals surface area contributed by atoms with Crippen molar-refractivity contribution in [3.63, 3.8) is 0 Å². The first-order valence-corrected chi connectivity index (χ1v) is 8.63. The second kappa shape index (κ2) is 9.17. The summed E-state index contributed by atoms with van der Waals surface area (Å²) in [7, 11) is 0. The van der Waals surface area contributed by atoms with Crippen LogP contribution in [0.25, 0.3) is 0 Å². The zero-order chi connectivity index (χ0) is 16.7. The summed E-state index contributed by atoms with van der Waals surface area (Å²) >= 11 is 17.8. The number of carbonyl (C=O) groups is 1. The van der Waals surface area contributed by atoms with Gasteiger partial charge in [-0.05, 0) is 54.7 Å². The van der Waals surface area contributed by atoms with Gasteiger partial charge in [-0.15, -0.1) is 0 Å². The Bertz CT molecular complexity index is 656. The van der Waals surface area contributed by atoms with Gasteiger partial charge in [-0.1, -0.05) is 53.0 Å². The average molecular weight is 371 g/mol. The van der Waals surface area contributed by atoms with Crippen LogP contribution < -0.4 is 5.32 Å². The molecule has 1 amide bonds. The Morgan fingerprint density at radius 2 is 1.61 bits per heavy atom. The zero-order valence-corrected chi connectivity index (χ0v) is 14.9. The lowest BCUT2D eigenvalue weighted by Crippen LogP contribution is -2.25. The molecule has 2 nitrogen and oxygen atoms in total. The van der Waals surface area contributed by atoms with Gasteiger partial charge in [0.15, 0.2) is 0 Å². The molecule has 0 aliphatic rings. The van der Waals surface area contributed by atoms with Crippen LogP contribution in [0.1, 0.15) is 24.0 Å². The van der Waals surface area contributed by atoms with Gasteiger partial charge in [-0.25, -0.2) is 0 Å². The van der Waals surface area contributed by atoms with Crippen molar-refractivity contribution < 1.29 is 4.79 Å². The molecule has 122 valence electrons. The Labute approximate surface area is 151 Å². The molecule has 5 heteroatoms. The third-order valence-electron chi connectivity index (χ3n) is 3.51. The van der Waals surface area contributed by atoms with E-state index in [0.29, 0.717) is 29.4 Å². The number of benzene rings is 2. The summed E-state index contributed by atoms with van der Waals surface area (Å²) in [6.45, 7) is 0.663. The van der Waals surface area contributed by atoms with Crippen LogP contribution in [-0.2, 0) is 17.6 Å². The standard InChI is InChI=1S/C18H18Cl3NO/c19-15-7-3-13(4-8-15)2-1-11-22-18(23)10-6-14-5-9-16(20)12-17(14)21/h3-5,7-9,12H,1-2,6,10-11H2,(H,22,23). The van der Waals surface area contributed by atoms with Gasteiger partial charge in [0.25, 0.3) is 0 Å². The molecule has 2 aromatic rings. The third kappa shape index (κ3) is 6.42. The summed E-state index contributed by atoms with van der Waals surface area (Å²) in [5.41, 5.74) is 2.16. The van der Waals surface area contributed by atoms with Gasteiger partial charge in [-0.2, -0.15) is 0 Å². The van der Waals surface area contributed by atoms with Crippen LogP contribution in [0.4, 0.5) is 0 Å². The molecular weight excluding hydrogens is 353 g/mol. The summed E-state index contributed by atoms with van der Waals surface area (Å²) in [5, 5.41) is 4.88. The molecule has 0 heterocycles. The van der Waals surface area contributed by atoms with Crippen molar-refractivity contribution in [1.29, 1.82) is 0 Å². The highest BCUT2D eigenvalue weighted by Crippen LogP contribution is 2.22. The first kappa shape index (κ1) is 18.1. The lowest BCUT2D eigenvalue weighted by atomic mass is 10.1. The number of hydrogen-bond donors (Lipinski definition) is 1. The number of nitrogens with one attached hydrogen (secondary N) is 1. The monoisotopic (exact) mass is 369 g/mol. The molecule has 0 saturated carbocycles. The van der Waals surface area contributed by atoms with E-state index in [0.717, 1.165) is 23.4 Å². The number of amides is 1. The Morgan fingerprint density at radius 1 is 0.913 bits per heavy atom. The Morgan fingerprint density at radius 3 is 2.30 bits per heavy atom. The maximum atomic E-state index is 11.9. The second-order valence-corrected chi connectivity index (χ2v) is 6.60. The van der Waals surface area contributed by atoms with Crippen LogP contribution in [0.3, 0.4) is 0 Å². The molecule has 0 bridgehead atoms. The largest absolute Gasteiger partial charge is 0.356 e. The number of carbonyl (C=O) groups excluding carboxylic acids is 1. The topological polar surface area (TPSA) is 29.1 Å². The molecule has 0 aromatic heterocycles. The van der Waals surface area contributed by atoms with Crippen molar-refractivity contribution in [2.75, 3.05) is 6.54 Å². The molecular formula is C18H18Cl3NO. The van der Waals surface area contributed by atoms with Gasteiger partial charge < -0.3 is 5.32 Å². The molecule has 0 radical (unpaired) electrons. The van der Waals surface area contributed by atoms with Crippen LogP contribution in [-0.4, -0.2) is 12.5 Å². The van der Waals surface area contributed by atoms with Crippen molar-refractivity contribution in [3.8, 4) is 0 Å². The third-order valence-corrected chi connectivity index (χ3v) is 4.35. The first-order valence-electron chi connectivity index (χ1n) is 7.49. The van der Waals surface area contributed by atoms with Crippen molar-refractivity contribution in [1.82, 2.24) is 5.32 Å². The Hall–Kier alpha value is -1.22. The number of hydrogen-bond acceptors (Lipinski definition) is 1. The first-order chi connectivity index (χ1) is 11.0. The highest BCUT2D eigenvalue weighted by Gasteiger charge is 2.05. The molecule has 0 unspecified atom stereocenters. The molecule has 0 saturated heterocycles. The second-order valence-electron chi connectivity index (χ2n) is 5.32. The van der Waals surface area contributed by atoms with Gasteiger partial charge in [0.2, 0.25) is 5.91 Å². The number of rotatable bonds is 7. The van der Waals surface area contributed by atoms with Crippen LogP contribution in [0.15, 0.2) is 42.5 Å². The van der Waals surface area contributed by atoms with Gasteiger partial charge in [0, 0.05) is 28.0 Å². The molecule has 0 aliphatic carbocycles. The van der Waals surface area contributed by atoms with Crippen molar-refractivity contribution in [2.24, 2.45) is 0 Å². The van der Waals surface area contributed by atoms with E-state index in [1.54, 1.807) is 12.1 Å². The summed E-state index contributed by atoms with van der Waals surface area (Å²) in [6.07, 6.45) is 2.84.